The third-order valence-electron chi connectivity index (χ3n) is 1.48. The lowest BCUT2D eigenvalue weighted by Gasteiger charge is -2.10. The summed E-state index contributed by atoms with van der Waals surface area (Å²) in [6.45, 7) is 4.34. The maximum absolute atomic E-state index is 12.3. The first-order valence-electron chi connectivity index (χ1n) is 3.71. The van der Waals surface area contributed by atoms with E-state index < -0.39 is 27.6 Å². The van der Waals surface area contributed by atoms with Gasteiger partial charge in [-0.2, -0.15) is 13.2 Å². The van der Waals surface area contributed by atoms with E-state index in [-0.39, 0.29) is 0 Å². The third-order valence-corrected chi connectivity index (χ3v) is 2.09. The van der Waals surface area contributed by atoms with Crippen molar-refractivity contribution in [1.82, 2.24) is 0 Å². The first-order chi connectivity index (χ1) is 6.75. The third kappa shape index (κ3) is 3.72. The van der Waals surface area contributed by atoms with Crippen LogP contribution in [0.25, 0.3) is 0 Å². The number of carbonyl (C=O) groups is 1. The van der Waals surface area contributed by atoms with Gasteiger partial charge in [0, 0.05) is 5.57 Å². The molecule has 0 aliphatic rings. The van der Waals surface area contributed by atoms with E-state index in [1.807, 2.05) is 0 Å². The highest BCUT2D eigenvalue weighted by Crippen LogP contribution is 2.34. The zero-order chi connectivity index (χ0) is 12.2. The molecule has 0 saturated heterocycles. The van der Waals surface area contributed by atoms with Gasteiger partial charge in [-0.15, -0.1) is 0 Å². The molecular formula is C9H7Cl2F3O. The van der Waals surface area contributed by atoms with E-state index in [0.29, 0.717) is 6.08 Å². The maximum atomic E-state index is 12.3. The van der Waals surface area contributed by atoms with Gasteiger partial charge >= 0.3 is 6.18 Å². The van der Waals surface area contributed by atoms with E-state index in [4.69, 9.17) is 23.2 Å². The summed E-state index contributed by atoms with van der Waals surface area (Å²) >= 11 is 10.5. The first-order valence-corrected chi connectivity index (χ1v) is 4.47. The molecule has 0 aromatic rings. The minimum atomic E-state index is -4.67. The van der Waals surface area contributed by atoms with Crippen LogP contribution in [-0.4, -0.2) is 11.4 Å². The molecule has 15 heavy (non-hydrogen) atoms. The van der Waals surface area contributed by atoms with Crippen LogP contribution in [-0.2, 0) is 4.79 Å². The van der Waals surface area contributed by atoms with E-state index >= 15 is 0 Å². The fourth-order valence-electron chi connectivity index (χ4n) is 0.801. The molecule has 1 nitrogen and oxygen atoms in total. The SMILES string of the molecule is C=C/C(=C(Cl)\C(=C/C)C(=O)Cl)C(F)(F)F. The first kappa shape index (κ1) is 14.3. The van der Waals surface area contributed by atoms with Gasteiger partial charge in [0.05, 0.1) is 10.6 Å². The Morgan fingerprint density at radius 3 is 2.00 bits per heavy atom. The molecule has 84 valence electrons. The fourth-order valence-corrected chi connectivity index (χ4v) is 1.43. The molecule has 0 spiro atoms. The topological polar surface area (TPSA) is 17.1 Å². The molecule has 0 bridgehead atoms. The van der Waals surface area contributed by atoms with E-state index in [0.717, 1.165) is 6.08 Å². The van der Waals surface area contributed by atoms with Gasteiger partial charge in [-0.05, 0) is 18.5 Å². The molecule has 6 heteroatoms. The van der Waals surface area contributed by atoms with Gasteiger partial charge in [0.1, 0.15) is 0 Å². The van der Waals surface area contributed by atoms with Crippen LogP contribution < -0.4 is 0 Å². The Balaban J connectivity index is 5.59. The Morgan fingerprint density at radius 2 is 1.80 bits per heavy atom. The molecule has 0 unspecified atom stereocenters. The van der Waals surface area contributed by atoms with E-state index in [1.54, 1.807) is 0 Å². The largest absolute Gasteiger partial charge is 0.417 e. The lowest BCUT2D eigenvalue weighted by Crippen LogP contribution is -2.13. The second-order valence-electron chi connectivity index (χ2n) is 2.41. The molecule has 0 aliphatic heterocycles. The van der Waals surface area contributed by atoms with Crippen molar-refractivity contribution >= 4 is 28.4 Å². The van der Waals surface area contributed by atoms with Crippen molar-refractivity contribution in [2.24, 2.45) is 0 Å². The summed E-state index contributed by atoms with van der Waals surface area (Å²) < 4.78 is 37.0. The van der Waals surface area contributed by atoms with Gasteiger partial charge in [0.2, 0.25) is 0 Å². The molecule has 0 aromatic carbocycles. The molecule has 0 saturated carbocycles. The monoisotopic (exact) mass is 258 g/mol. The van der Waals surface area contributed by atoms with Gasteiger partial charge in [0.25, 0.3) is 5.24 Å². The van der Waals surface area contributed by atoms with Gasteiger partial charge in [0.15, 0.2) is 0 Å². The van der Waals surface area contributed by atoms with Gasteiger partial charge in [-0.25, -0.2) is 0 Å². The predicted molar refractivity (Wildman–Crippen MR) is 53.7 cm³/mol. The standard InChI is InChI=1S/C9H7Cl2F3O/c1-3-5(8(11)15)7(10)6(4-2)9(12,13)14/h3-4H,2H2,1H3/b5-3+,7-6-. The summed E-state index contributed by atoms with van der Waals surface area (Å²) in [7, 11) is 0. The zero-order valence-electron chi connectivity index (χ0n) is 7.66. The lowest BCUT2D eigenvalue weighted by molar-refractivity contribution is -0.108. The molecule has 0 fully saturated rings. The average molecular weight is 259 g/mol. The van der Waals surface area contributed by atoms with Crippen LogP contribution in [0.5, 0.6) is 0 Å². The fraction of sp³-hybridized carbons (Fsp3) is 0.222. The minimum Gasteiger partial charge on any atom is -0.276 e. The summed E-state index contributed by atoms with van der Waals surface area (Å²) in [6, 6.07) is 0. The number of hydrogen-bond acceptors (Lipinski definition) is 1. The van der Waals surface area contributed by atoms with Crippen LogP contribution in [0.3, 0.4) is 0 Å². The van der Waals surface area contributed by atoms with Gasteiger partial charge in [-0.3, -0.25) is 4.79 Å². The molecule has 0 heterocycles. The molecule has 0 atom stereocenters. The number of hydrogen-bond donors (Lipinski definition) is 0. The summed E-state index contributed by atoms with van der Waals surface area (Å²) in [5.41, 5.74) is -1.59. The molecule has 0 aromatic heterocycles. The summed E-state index contributed by atoms with van der Waals surface area (Å²) in [5, 5.41) is -1.80. The Hall–Kier alpha value is -0.740. The minimum absolute atomic E-state index is 0.398. The second kappa shape index (κ2) is 5.37. The normalized spacial score (nSPS) is 14.7. The van der Waals surface area contributed by atoms with Crippen molar-refractivity contribution in [2.45, 2.75) is 13.1 Å². The quantitative estimate of drug-likeness (QED) is 0.426. The van der Waals surface area contributed by atoms with Crippen LogP contribution in [0.2, 0.25) is 0 Å². The van der Waals surface area contributed by atoms with Gasteiger partial charge in [-0.1, -0.05) is 30.3 Å². The Kier molecular flexibility index (Phi) is 5.11. The van der Waals surface area contributed by atoms with Crippen molar-refractivity contribution in [3.8, 4) is 0 Å². The maximum Gasteiger partial charge on any atom is 0.417 e. The number of halogens is 5. The predicted octanol–water partition coefficient (Wildman–Crippen LogP) is 3.94. The van der Waals surface area contributed by atoms with Crippen molar-refractivity contribution in [2.75, 3.05) is 0 Å². The van der Waals surface area contributed by atoms with Crippen LogP contribution in [0.15, 0.2) is 34.9 Å². The molecular weight excluding hydrogens is 252 g/mol. The molecule has 0 N–H and O–H groups in total. The van der Waals surface area contributed by atoms with Crippen LogP contribution >= 0.6 is 23.2 Å². The molecule has 0 rings (SSSR count). The van der Waals surface area contributed by atoms with Crippen LogP contribution in [0.1, 0.15) is 6.92 Å². The Bertz CT molecular complexity index is 340. The van der Waals surface area contributed by atoms with Gasteiger partial charge < -0.3 is 0 Å². The highest BCUT2D eigenvalue weighted by molar-refractivity contribution is 6.69. The van der Waals surface area contributed by atoms with Crippen molar-refractivity contribution in [3.05, 3.63) is 34.9 Å². The number of allylic oxidation sites excluding steroid dienone is 5. The van der Waals surface area contributed by atoms with E-state index in [9.17, 15) is 18.0 Å². The Morgan fingerprint density at radius 1 is 1.33 bits per heavy atom. The highest BCUT2D eigenvalue weighted by atomic mass is 35.5. The average Bonchev–Trinajstić information content (AvgIpc) is 2.02. The zero-order valence-corrected chi connectivity index (χ0v) is 9.17. The molecule has 0 radical (unpaired) electrons. The molecule has 0 aliphatic carbocycles. The molecule has 0 amide bonds. The number of carbonyl (C=O) groups excluding carboxylic acids is 1. The lowest BCUT2D eigenvalue weighted by atomic mass is 10.1. The van der Waals surface area contributed by atoms with E-state index in [1.165, 1.54) is 6.92 Å². The summed E-state index contributed by atoms with van der Waals surface area (Å²) in [6.07, 6.45) is -3.03. The van der Waals surface area contributed by atoms with Crippen LogP contribution in [0, 0.1) is 0 Å². The summed E-state index contributed by atoms with van der Waals surface area (Å²) in [4.78, 5) is 10.7. The van der Waals surface area contributed by atoms with E-state index in [2.05, 4.69) is 6.58 Å². The smallest absolute Gasteiger partial charge is 0.276 e. The van der Waals surface area contributed by atoms with Crippen molar-refractivity contribution < 1.29 is 18.0 Å². The number of rotatable bonds is 3. The van der Waals surface area contributed by atoms with Crippen molar-refractivity contribution in [1.29, 1.82) is 0 Å². The summed E-state index contributed by atoms with van der Waals surface area (Å²) in [5.74, 6) is 0. The Labute approximate surface area is 94.9 Å². The highest BCUT2D eigenvalue weighted by Gasteiger charge is 2.35. The second-order valence-corrected chi connectivity index (χ2v) is 3.13. The van der Waals surface area contributed by atoms with Crippen molar-refractivity contribution in [3.63, 3.8) is 0 Å². The number of alkyl halides is 3. The van der Waals surface area contributed by atoms with Crippen LogP contribution in [0.4, 0.5) is 13.2 Å².